The van der Waals surface area contributed by atoms with E-state index in [0.717, 1.165) is 48.8 Å². The fourth-order valence-electron chi connectivity index (χ4n) is 1.88. The predicted molar refractivity (Wildman–Crippen MR) is 99.9 cm³/mol. The van der Waals surface area contributed by atoms with E-state index in [2.05, 4.69) is 95.6 Å². The van der Waals surface area contributed by atoms with Crippen LogP contribution in [-0.2, 0) is 0 Å². The van der Waals surface area contributed by atoms with E-state index in [-0.39, 0.29) is 0 Å². The third-order valence-electron chi connectivity index (χ3n) is 2.72. The summed E-state index contributed by atoms with van der Waals surface area (Å²) in [7, 11) is 0. The zero-order chi connectivity index (χ0) is 13.9. The van der Waals surface area contributed by atoms with Crippen molar-refractivity contribution >= 4 is 118 Å². The molecule has 3 aromatic rings. The SMILES string of the molecule is Brc1cc2c(oc3cc(Br)c(Br)c(Br)c32)c(Br)c1Br. The molecule has 0 saturated heterocycles. The highest BCUT2D eigenvalue weighted by Crippen LogP contribution is 2.46. The summed E-state index contributed by atoms with van der Waals surface area (Å²) in [6.45, 7) is 0. The third-order valence-corrected chi connectivity index (χ3v) is 9.30. The standard InChI is InChI=1S/C12H2Br6O/c13-4-1-3-7-6(2-5(14)8(15)10(7)17)19-12(3)11(18)9(4)16/h1-2H. The van der Waals surface area contributed by atoms with Crippen molar-refractivity contribution in [1.29, 1.82) is 0 Å². The Labute approximate surface area is 159 Å². The van der Waals surface area contributed by atoms with Gasteiger partial charge in [-0.05, 0) is 108 Å². The summed E-state index contributed by atoms with van der Waals surface area (Å²) < 4.78 is 11.6. The number of rotatable bonds is 0. The number of halogens is 6. The van der Waals surface area contributed by atoms with Crippen molar-refractivity contribution in [2.24, 2.45) is 0 Å². The van der Waals surface area contributed by atoms with Crippen molar-refractivity contribution in [2.75, 3.05) is 0 Å². The van der Waals surface area contributed by atoms with Crippen LogP contribution in [0, 0.1) is 0 Å². The van der Waals surface area contributed by atoms with Crippen molar-refractivity contribution in [1.82, 2.24) is 0 Å². The Morgan fingerprint density at radius 3 is 1.95 bits per heavy atom. The van der Waals surface area contributed by atoms with E-state index in [1.807, 2.05) is 12.1 Å². The molecular weight excluding hydrogens is 640 g/mol. The highest BCUT2D eigenvalue weighted by molar-refractivity contribution is 9.15. The first-order valence-corrected chi connectivity index (χ1v) is 9.70. The predicted octanol–water partition coefficient (Wildman–Crippen LogP) is 8.16. The Morgan fingerprint density at radius 1 is 0.684 bits per heavy atom. The topological polar surface area (TPSA) is 13.1 Å². The summed E-state index contributed by atoms with van der Waals surface area (Å²) in [6.07, 6.45) is 0. The van der Waals surface area contributed by atoms with Gasteiger partial charge in [0, 0.05) is 33.1 Å². The Kier molecular flexibility index (Phi) is 4.27. The van der Waals surface area contributed by atoms with E-state index in [0.29, 0.717) is 0 Å². The molecule has 1 aromatic heterocycles. The van der Waals surface area contributed by atoms with Gasteiger partial charge in [0.2, 0.25) is 0 Å². The lowest BCUT2D eigenvalue weighted by Gasteiger charge is -2.02. The number of hydrogen-bond acceptors (Lipinski definition) is 1. The van der Waals surface area contributed by atoms with E-state index < -0.39 is 0 Å². The Bertz CT molecular complexity index is 836. The third kappa shape index (κ3) is 2.32. The minimum atomic E-state index is 0.816. The van der Waals surface area contributed by atoms with E-state index in [9.17, 15) is 0 Å². The number of furan rings is 1. The first-order chi connectivity index (χ1) is 8.91. The molecular formula is C12H2Br6O. The molecule has 0 aliphatic rings. The van der Waals surface area contributed by atoms with E-state index in [1.54, 1.807) is 0 Å². The van der Waals surface area contributed by atoms with Crippen LogP contribution in [-0.4, -0.2) is 0 Å². The summed E-state index contributed by atoms with van der Waals surface area (Å²) in [5, 5.41) is 2.08. The van der Waals surface area contributed by atoms with Gasteiger partial charge in [-0.15, -0.1) is 0 Å². The monoisotopic (exact) mass is 636 g/mol. The Morgan fingerprint density at radius 2 is 1.26 bits per heavy atom. The quantitative estimate of drug-likeness (QED) is 0.226. The van der Waals surface area contributed by atoms with Gasteiger partial charge >= 0.3 is 0 Å². The molecule has 0 spiro atoms. The minimum Gasteiger partial charge on any atom is -0.455 e. The van der Waals surface area contributed by atoms with Crippen molar-refractivity contribution in [2.45, 2.75) is 0 Å². The molecule has 0 unspecified atom stereocenters. The van der Waals surface area contributed by atoms with Crippen LogP contribution in [0.15, 0.2) is 43.4 Å². The van der Waals surface area contributed by atoms with Gasteiger partial charge in [0.25, 0.3) is 0 Å². The molecule has 0 atom stereocenters. The maximum Gasteiger partial charge on any atom is 0.150 e. The zero-order valence-corrected chi connectivity index (χ0v) is 18.3. The molecule has 0 saturated carbocycles. The molecule has 1 nitrogen and oxygen atoms in total. The van der Waals surface area contributed by atoms with Crippen LogP contribution in [0.1, 0.15) is 0 Å². The first-order valence-electron chi connectivity index (χ1n) is 4.95. The first kappa shape index (κ1) is 15.0. The maximum atomic E-state index is 5.96. The van der Waals surface area contributed by atoms with Gasteiger partial charge in [0.15, 0.2) is 5.58 Å². The van der Waals surface area contributed by atoms with Crippen molar-refractivity contribution in [3.8, 4) is 0 Å². The summed E-state index contributed by atoms with van der Waals surface area (Å²) in [5.41, 5.74) is 1.64. The fraction of sp³-hybridized carbons (Fsp3) is 0. The number of benzene rings is 2. The van der Waals surface area contributed by atoms with Crippen LogP contribution in [0.2, 0.25) is 0 Å². The normalized spacial score (nSPS) is 11.7. The van der Waals surface area contributed by atoms with E-state index >= 15 is 0 Å². The van der Waals surface area contributed by atoms with Crippen LogP contribution in [0.4, 0.5) is 0 Å². The summed E-state index contributed by atoms with van der Waals surface area (Å²) in [4.78, 5) is 0. The molecule has 0 bridgehead atoms. The second-order valence-corrected chi connectivity index (χ2v) is 8.71. The van der Waals surface area contributed by atoms with Gasteiger partial charge in [-0.3, -0.25) is 0 Å². The molecule has 7 heteroatoms. The van der Waals surface area contributed by atoms with Crippen LogP contribution >= 0.6 is 95.6 Å². The van der Waals surface area contributed by atoms with Crippen LogP contribution in [0.25, 0.3) is 21.9 Å². The summed E-state index contributed by atoms with van der Waals surface area (Å²) in [6, 6.07) is 4.00. The van der Waals surface area contributed by atoms with Crippen molar-refractivity contribution < 1.29 is 4.42 Å². The van der Waals surface area contributed by atoms with Crippen LogP contribution in [0.3, 0.4) is 0 Å². The second kappa shape index (κ2) is 5.39. The van der Waals surface area contributed by atoms with Gasteiger partial charge in [0.1, 0.15) is 5.58 Å². The van der Waals surface area contributed by atoms with Crippen LogP contribution in [0.5, 0.6) is 0 Å². The van der Waals surface area contributed by atoms with Gasteiger partial charge in [-0.25, -0.2) is 0 Å². The molecule has 0 amide bonds. The smallest absolute Gasteiger partial charge is 0.150 e. The molecule has 3 rings (SSSR count). The maximum absolute atomic E-state index is 5.96. The largest absolute Gasteiger partial charge is 0.455 e. The Hall–Kier alpha value is 1.12. The van der Waals surface area contributed by atoms with E-state index in [4.69, 9.17) is 4.42 Å². The van der Waals surface area contributed by atoms with Crippen LogP contribution < -0.4 is 0 Å². The zero-order valence-electron chi connectivity index (χ0n) is 8.83. The Balaban J connectivity index is 2.62. The van der Waals surface area contributed by atoms with Crippen molar-refractivity contribution in [3.05, 3.63) is 39.0 Å². The van der Waals surface area contributed by atoms with Crippen molar-refractivity contribution in [3.63, 3.8) is 0 Å². The fourth-order valence-corrected chi connectivity index (χ4v) is 4.98. The number of hydrogen-bond donors (Lipinski definition) is 0. The molecule has 0 fully saturated rings. The highest BCUT2D eigenvalue weighted by Gasteiger charge is 2.19. The van der Waals surface area contributed by atoms with Gasteiger partial charge in [0.05, 0.1) is 4.47 Å². The van der Waals surface area contributed by atoms with Gasteiger partial charge in [-0.1, -0.05) is 0 Å². The second-order valence-electron chi connectivity index (χ2n) is 3.82. The summed E-state index contributed by atoms with van der Waals surface area (Å²) in [5.74, 6) is 0. The highest BCUT2D eigenvalue weighted by atomic mass is 79.9. The molecule has 19 heavy (non-hydrogen) atoms. The van der Waals surface area contributed by atoms with Gasteiger partial charge in [-0.2, -0.15) is 0 Å². The molecule has 0 aliphatic heterocycles. The lowest BCUT2D eigenvalue weighted by molar-refractivity contribution is 0.666. The molecule has 0 aliphatic carbocycles. The molecule has 0 radical (unpaired) electrons. The van der Waals surface area contributed by atoms with E-state index in [1.165, 1.54) is 0 Å². The minimum absolute atomic E-state index is 0.816. The number of fused-ring (bicyclic) bond motifs is 3. The van der Waals surface area contributed by atoms with Gasteiger partial charge < -0.3 is 4.42 Å². The average molecular weight is 642 g/mol. The summed E-state index contributed by atoms with van der Waals surface area (Å²) >= 11 is 21.3. The molecule has 0 N–H and O–H groups in total. The average Bonchev–Trinajstić information content (AvgIpc) is 2.72. The lowest BCUT2D eigenvalue weighted by Crippen LogP contribution is -1.77. The lowest BCUT2D eigenvalue weighted by atomic mass is 10.1. The molecule has 2 aromatic carbocycles. The molecule has 98 valence electrons. The molecule has 1 heterocycles.